The van der Waals surface area contributed by atoms with Crippen LogP contribution in [-0.4, -0.2) is 42.4 Å². The fraction of sp³-hybridized carbons (Fsp3) is 0.333. The van der Waals surface area contributed by atoms with Crippen LogP contribution in [0, 0.1) is 0 Å². The minimum absolute atomic E-state index is 0. The summed E-state index contributed by atoms with van der Waals surface area (Å²) in [5, 5.41) is 8.09. The third-order valence-electron chi connectivity index (χ3n) is 0.948. The van der Waals surface area contributed by atoms with Crippen molar-refractivity contribution in [3.8, 4) is 0 Å². The molecule has 84 valence electrons. The van der Waals surface area contributed by atoms with E-state index >= 15 is 0 Å². The number of carboxylic acids is 1. The first kappa shape index (κ1) is 21.8. The second-order valence-electron chi connectivity index (χ2n) is 2.13. The monoisotopic (exact) mass is 272 g/mol. The Hall–Kier alpha value is 0.590. The van der Waals surface area contributed by atoms with E-state index in [0.29, 0.717) is 12.2 Å². The molecule has 0 aliphatic rings. The van der Waals surface area contributed by atoms with Crippen molar-refractivity contribution in [3.05, 3.63) is 12.2 Å². The van der Waals surface area contributed by atoms with Crippen LogP contribution in [0.5, 0.6) is 0 Å². The maximum atomic E-state index is 10.6. The van der Waals surface area contributed by atoms with Crippen molar-refractivity contribution in [2.75, 3.05) is 12.4 Å². The summed E-state index contributed by atoms with van der Waals surface area (Å²) in [7, 11) is -4.17. The first-order chi connectivity index (χ1) is 6.31. The topological polar surface area (TPSA) is 118 Å². The van der Waals surface area contributed by atoms with Gasteiger partial charge in [0.25, 0.3) is 10.1 Å². The van der Waals surface area contributed by atoms with Crippen molar-refractivity contribution in [2.45, 2.75) is 0 Å². The maximum Gasteiger partial charge on any atom is 1.00 e. The van der Waals surface area contributed by atoms with Crippen molar-refractivity contribution >= 4 is 22.1 Å². The SMILES string of the molecule is O=C(O)/C=C\C(=O)OCCS(=O)(=O)O.[H-].[H-].[Na+].[Na+]. The van der Waals surface area contributed by atoms with Crippen molar-refractivity contribution < 1.29 is 94.4 Å². The Morgan fingerprint density at radius 3 is 2.12 bits per heavy atom. The van der Waals surface area contributed by atoms with Crippen LogP contribution >= 0.6 is 0 Å². The van der Waals surface area contributed by atoms with Crippen LogP contribution in [0.2, 0.25) is 0 Å². The Kier molecular flexibility index (Phi) is 14.6. The second kappa shape index (κ2) is 10.7. The van der Waals surface area contributed by atoms with Crippen LogP contribution < -0.4 is 59.1 Å². The molecule has 0 aliphatic carbocycles. The third kappa shape index (κ3) is 17.0. The van der Waals surface area contributed by atoms with Gasteiger partial charge in [0.05, 0.1) is 0 Å². The molecule has 0 rings (SSSR count). The van der Waals surface area contributed by atoms with Gasteiger partial charge in [-0.2, -0.15) is 8.42 Å². The van der Waals surface area contributed by atoms with Gasteiger partial charge >= 0.3 is 71.1 Å². The fourth-order valence-corrected chi connectivity index (χ4v) is 0.729. The van der Waals surface area contributed by atoms with Crippen LogP contribution in [0.25, 0.3) is 0 Å². The minimum atomic E-state index is -4.17. The molecule has 0 heterocycles. The predicted molar refractivity (Wildman–Crippen MR) is 46.4 cm³/mol. The van der Waals surface area contributed by atoms with E-state index in [1.807, 2.05) is 0 Å². The number of hydrogen-bond acceptors (Lipinski definition) is 5. The molecule has 0 amide bonds. The number of hydrogen-bond donors (Lipinski definition) is 2. The molecular formula is C6H10Na2O7S. The third-order valence-corrected chi connectivity index (χ3v) is 1.63. The maximum absolute atomic E-state index is 10.6. The summed E-state index contributed by atoms with van der Waals surface area (Å²) in [6.07, 6.45) is 1.18. The molecule has 0 unspecified atom stereocenters. The predicted octanol–water partition coefficient (Wildman–Crippen LogP) is -6.71. The smallest absolute Gasteiger partial charge is 1.00 e. The van der Waals surface area contributed by atoms with Gasteiger partial charge in [-0.15, -0.1) is 0 Å². The van der Waals surface area contributed by atoms with Crippen molar-refractivity contribution in [1.29, 1.82) is 0 Å². The Bertz CT molecular complexity index is 357. The van der Waals surface area contributed by atoms with Crippen LogP contribution in [0.1, 0.15) is 2.85 Å². The average Bonchev–Trinajstić information content (AvgIpc) is 1.98. The van der Waals surface area contributed by atoms with E-state index in [2.05, 4.69) is 4.74 Å². The number of aliphatic carboxylic acids is 1. The molecule has 0 saturated carbocycles. The van der Waals surface area contributed by atoms with Gasteiger partial charge < -0.3 is 12.7 Å². The molecular weight excluding hydrogens is 262 g/mol. The van der Waals surface area contributed by atoms with E-state index in [-0.39, 0.29) is 62.0 Å². The van der Waals surface area contributed by atoms with E-state index in [1.54, 1.807) is 0 Å². The molecule has 0 aromatic carbocycles. The van der Waals surface area contributed by atoms with E-state index in [9.17, 15) is 18.0 Å². The molecule has 0 aromatic heterocycles. The molecule has 0 radical (unpaired) electrons. The van der Waals surface area contributed by atoms with Gasteiger partial charge in [0.15, 0.2) is 0 Å². The summed E-state index contributed by atoms with van der Waals surface area (Å²) >= 11 is 0. The van der Waals surface area contributed by atoms with Crippen LogP contribution in [0.4, 0.5) is 0 Å². The van der Waals surface area contributed by atoms with Gasteiger partial charge in [-0.05, 0) is 0 Å². The Balaban J connectivity index is -0.000000141. The first-order valence-electron chi connectivity index (χ1n) is 3.34. The number of carbonyl (C=O) groups excluding carboxylic acids is 1. The molecule has 7 nitrogen and oxygen atoms in total. The van der Waals surface area contributed by atoms with E-state index in [1.165, 1.54) is 0 Å². The van der Waals surface area contributed by atoms with Gasteiger partial charge in [-0.1, -0.05) is 0 Å². The van der Waals surface area contributed by atoms with Gasteiger partial charge in [-0.25, -0.2) is 9.59 Å². The zero-order valence-electron chi connectivity index (χ0n) is 10.9. The normalized spacial score (nSPS) is 10.1. The number of esters is 1. The van der Waals surface area contributed by atoms with Crippen molar-refractivity contribution in [1.82, 2.24) is 0 Å². The molecule has 0 saturated heterocycles. The average molecular weight is 272 g/mol. The van der Waals surface area contributed by atoms with Gasteiger partial charge in [0, 0.05) is 12.2 Å². The summed E-state index contributed by atoms with van der Waals surface area (Å²) < 4.78 is 32.7. The Labute approximate surface area is 140 Å². The van der Waals surface area contributed by atoms with Crippen LogP contribution in [0.15, 0.2) is 12.2 Å². The summed E-state index contributed by atoms with van der Waals surface area (Å²) in [5.41, 5.74) is 0. The van der Waals surface area contributed by atoms with E-state index in [4.69, 9.17) is 9.66 Å². The zero-order valence-corrected chi connectivity index (χ0v) is 13.7. The van der Waals surface area contributed by atoms with Gasteiger partial charge in [0.2, 0.25) is 0 Å². The second-order valence-corrected chi connectivity index (χ2v) is 3.70. The van der Waals surface area contributed by atoms with Crippen LogP contribution in [-0.2, 0) is 24.4 Å². The molecule has 0 bridgehead atoms. The molecule has 16 heavy (non-hydrogen) atoms. The first-order valence-corrected chi connectivity index (χ1v) is 4.95. The number of rotatable bonds is 5. The summed E-state index contributed by atoms with van der Waals surface area (Å²) in [6.45, 7) is -0.526. The fourth-order valence-electron chi connectivity index (χ4n) is 0.435. The zero-order chi connectivity index (χ0) is 11.2. The van der Waals surface area contributed by atoms with Crippen molar-refractivity contribution in [2.24, 2.45) is 0 Å². The molecule has 2 N–H and O–H groups in total. The largest absolute Gasteiger partial charge is 1.00 e. The molecule has 0 aromatic rings. The summed E-state index contributed by atoms with van der Waals surface area (Å²) in [4.78, 5) is 20.5. The minimum Gasteiger partial charge on any atom is -1.00 e. The molecule has 0 spiro atoms. The van der Waals surface area contributed by atoms with E-state index < -0.39 is 34.4 Å². The number of ether oxygens (including phenoxy) is 1. The quantitative estimate of drug-likeness (QED) is 0.221. The van der Waals surface area contributed by atoms with Gasteiger partial charge in [0.1, 0.15) is 12.4 Å². The Morgan fingerprint density at radius 2 is 1.75 bits per heavy atom. The van der Waals surface area contributed by atoms with E-state index in [0.717, 1.165) is 0 Å². The molecule has 0 aliphatic heterocycles. The van der Waals surface area contributed by atoms with Gasteiger partial charge in [-0.3, -0.25) is 4.55 Å². The summed E-state index contributed by atoms with van der Waals surface area (Å²) in [6, 6.07) is 0. The number of carboxylic acid groups (broad SMARTS) is 1. The van der Waals surface area contributed by atoms with Crippen LogP contribution in [0.3, 0.4) is 0 Å². The standard InChI is InChI=1S/C6H8O7S.2Na.2H/c7-5(8)1-2-6(9)13-3-4-14(10,11)12;;;;/h1-2H,3-4H2,(H,7,8)(H,10,11,12);;;;/q;2*+1;2*-1/b2-1-;;;;. The Morgan fingerprint density at radius 1 is 1.25 bits per heavy atom. The molecule has 0 fully saturated rings. The molecule has 10 heteroatoms. The van der Waals surface area contributed by atoms with Crippen molar-refractivity contribution in [3.63, 3.8) is 0 Å². The summed E-state index contributed by atoms with van der Waals surface area (Å²) in [5.74, 6) is -3.03. The number of carbonyl (C=O) groups is 2. The molecule has 0 atom stereocenters.